The predicted octanol–water partition coefficient (Wildman–Crippen LogP) is 3.73. The van der Waals surface area contributed by atoms with Crippen LogP contribution in [-0.2, 0) is 16.2 Å². The molecule has 0 saturated heterocycles. The molecule has 0 heterocycles. The summed E-state index contributed by atoms with van der Waals surface area (Å²) < 4.78 is 62.0. The molecular weight excluding hydrogens is 329 g/mol. The van der Waals surface area contributed by atoms with E-state index in [0.717, 1.165) is 44.2 Å². The lowest BCUT2D eigenvalue weighted by Crippen LogP contribution is -2.27. The number of hydrogen-bond acceptors (Lipinski definition) is 3. The van der Waals surface area contributed by atoms with Crippen molar-refractivity contribution in [1.29, 1.82) is 0 Å². The molecular formula is C15H21F3N2O2S. The summed E-state index contributed by atoms with van der Waals surface area (Å²) in [6.07, 6.45) is 0.266. The van der Waals surface area contributed by atoms with E-state index in [4.69, 9.17) is 5.14 Å². The predicted molar refractivity (Wildman–Crippen MR) is 82.5 cm³/mol. The summed E-state index contributed by atoms with van der Waals surface area (Å²) in [5, 5.41) is 7.98. The molecule has 1 aliphatic rings. The van der Waals surface area contributed by atoms with Gasteiger partial charge in [0.1, 0.15) is 0 Å². The zero-order valence-electron chi connectivity index (χ0n) is 12.9. The van der Waals surface area contributed by atoms with Crippen molar-refractivity contribution in [1.82, 2.24) is 0 Å². The Morgan fingerprint density at radius 1 is 1.30 bits per heavy atom. The topological polar surface area (TPSA) is 72.2 Å². The van der Waals surface area contributed by atoms with Crippen molar-refractivity contribution in [2.45, 2.75) is 56.1 Å². The molecule has 1 aliphatic carbocycles. The van der Waals surface area contributed by atoms with Crippen LogP contribution in [0, 0.1) is 5.92 Å². The highest BCUT2D eigenvalue weighted by molar-refractivity contribution is 7.89. The third-order valence-electron chi connectivity index (χ3n) is 4.32. The van der Waals surface area contributed by atoms with Crippen molar-refractivity contribution in [3.05, 3.63) is 23.8 Å². The molecule has 130 valence electrons. The Labute approximate surface area is 134 Å². The van der Waals surface area contributed by atoms with Gasteiger partial charge in [-0.05, 0) is 37.0 Å². The monoisotopic (exact) mass is 350 g/mol. The highest BCUT2D eigenvalue weighted by atomic mass is 32.2. The second-order valence-electron chi connectivity index (χ2n) is 6.04. The van der Waals surface area contributed by atoms with Gasteiger partial charge in [-0.25, -0.2) is 13.6 Å². The average molecular weight is 350 g/mol. The first-order chi connectivity index (χ1) is 10.6. The van der Waals surface area contributed by atoms with E-state index >= 15 is 0 Å². The summed E-state index contributed by atoms with van der Waals surface area (Å²) in [5.74, 6) is 0.576. The minimum Gasteiger partial charge on any atom is -0.382 e. The molecule has 0 aliphatic heterocycles. The van der Waals surface area contributed by atoms with E-state index in [1.165, 1.54) is 6.07 Å². The quantitative estimate of drug-likeness (QED) is 0.869. The molecule has 1 aromatic carbocycles. The van der Waals surface area contributed by atoms with Crippen LogP contribution in [0.3, 0.4) is 0 Å². The number of halogens is 3. The minimum atomic E-state index is -4.78. The molecule has 23 heavy (non-hydrogen) atoms. The van der Waals surface area contributed by atoms with E-state index in [0.29, 0.717) is 5.92 Å². The summed E-state index contributed by atoms with van der Waals surface area (Å²) >= 11 is 0. The zero-order chi connectivity index (χ0) is 17.3. The Bertz CT molecular complexity index is 659. The third-order valence-corrected chi connectivity index (χ3v) is 5.29. The van der Waals surface area contributed by atoms with Crippen LogP contribution in [-0.4, -0.2) is 14.5 Å². The van der Waals surface area contributed by atoms with Gasteiger partial charge in [-0.15, -0.1) is 0 Å². The number of benzene rings is 1. The summed E-state index contributed by atoms with van der Waals surface area (Å²) in [6, 6.07) is 3.19. The second kappa shape index (κ2) is 6.68. The van der Waals surface area contributed by atoms with Crippen LogP contribution in [0.5, 0.6) is 0 Å². The van der Waals surface area contributed by atoms with E-state index in [-0.39, 0.29) is 11.7 Å². The van der Waals surface area contributed by atoms with Gasteiger partial charge in [0, 0.05) is 11.7 Å². The Kier molecular flexibility index (Phi) is 5.25. The molecule has 3 N–H and O–H groups in total. The summed E-state index contributed by atoms with van der Waals surface area (Å²) in [6.45, 7) is 2.11. The molecule has 0 aromatic heterocycles. The SMILES string of the molecule is CCC1CCCC(Nc2ccc(S(N)(=O)=O)c(C(F)(F)F)c2)C1. The molecule has 0 bridgehead atoms. The first-order valence-electron chi connectivity index (χ1n) is 7.62. The van der Waals surface area contributed by atoms with Crippen LogP contribution in [0.2, 0.25) is 0 Å². The lowest BCUT2D eigenvalue weighted by atomic mass is 9.84. The van der Waals surface area contributed by atoms with Gasteiger partial charge in [0.25, 0.3) is 0 Å². The largest absolute Gasteiger partial charge is 0.417 e. The van der Waals surface area contributed by atoms with E-state index in [1.54, 1.807) is 0 Å². The van der Waals surface area contributed by atoms with Gasteiger partial charge in [0.2, 0.25) is 10.0 Å². The maximum Gasteiger partial charge on any atom is 0.417 e. The molecule has 2 unspecified atom stereocenters. The molecule has 0 amide bonds. The van der Waals surface area contributed by atoms with Crippen LogP contribution < -0.4 is 10.5 Å². The lowest BCUT2D eigenvalue weighted by molar-refractivity contribution is -0.139. The van der Waals surface area contributed by atoms with Gasteiger partial charge >= 0.3 is 6.18 Å². The van der Waals surface area contributed by atoms with Crippen molar-refractivity contribution in [2.24, 2.45) is 11.1 Å². The number of hydrogen-bond donors (Lipinski definition) is 2. The van der Waals surface area contributed by atoms with E-state index < -0.39 is 26.7 Å². The van der Waals surface area contributed by atoms with Crippen molar-refractivity contribution >= 4 is 15.7 Å². The Balaban J connectivity index is 2.27. The number of alkyl halides is 3. The standard InChI is InChI=1S/C15H21F3N2O2S/c1-2-10-4-3-5-11(8-10)20-12-6-7-14(23(19,21)22)13(9-12)15(16,17)18/h6-7,9-11,20H,2-5,8H2,1H3,(H2,19,21,22). The number of sulfonamides is 1. The van der Waals surface area contributed by atoms with Crippen molar-refractivity contribution in [3.63, 3.8) is 0 Å². The van der Waals surface area contributed by atoms with Crippen LogP contribution in [0.1, 0.15) is 44.6 Å². The number of nitrogens with one attached hydrogen (secondary N) is 1. The minimum absolute atomic E-state index is 0.107. The fourth-order valence-corrected chi connectivity index (χ4v) is 3.86. The molecule has 2 atom stereocenters. The van der Waals surface area contributed by atoms with Crippen molar-refractivity contribution in [3.8, 4) is 0 Å². The molecule has 0 spiro atoms. The molecule has 4 nitrogen and oxygen atoms in total. The van der Waals surface area contributed by atoms with Crippen molar-refractivity contribution in [2.75, 3.05) is 5.32 Å². The number of nitrogens with two attached hydrogens (primary N) is 1. The maximum absolute atomic E-state index is 13.1. The third kappa shape index (κ3) is 4.60. The van der Waals surface area contributed by atoms with Gasteiger partial charge < -0.3 is 5.32 Å². The highest BCUT2D eigenvalue weighted by Gasteiger charge is 2.36. The first-order valence-corrected chi connectivity index (χ1v) is 9.16. The molecule has 1 fully saturated rings. The van der Waals surface area contributed by atoms with Gasteiger partial charge in [0.15, 0.2) is 0 Å². The second-order valence-corrected chi connectivity index (χ2v) is 7.57. The number of anilines is 1. The van der Waals surface area contributed by atoms with Gasteiger partial charge in [-0.2, -0.15) is 13.2 Å². The molecule has 8 heteroatoms. The first kappa shape index (κ1) is 18.1. The maximum atomic E-state index is 13.1. The molecule has 1 saturated carbocycles. The van der Waals surface area contributed by atoms with Gasteiger partial charge in [-0.3, -0.25) is 0 Å². The van der Waals surface area contributed by atoms with Gasteiger partial charge in [0.05, 0.1) is 10.5 Å². The normalized spacial score (nSPS) is 22.8. The zero-order valence-corrected chi connectivity index (χ0v) is 13.7. The van der Waals surface area contributed by atoms with Crippen LogP contribution in [0.15, 0.2) is 23.1 Å². The van der Waals surface area contributed by atoms with E-state index in [2.05, 4.69) is 12.2 Å². The highest BCUT2D eigenvalue weighted by Crippen LogP contribution is 2.36. The van der Waals surface area contributed by atoms with E-state index in [9.17, 15) is 21.6 Å². The molecule has 2 rings (SSSR count). The number of rotatable bonds is 4. The smallest absolute Gasteiger partial charge is 0.382 e. The summed E-state index contributed by atoms with van der Waals surface area (Å²) in [4.78, 5) is -0.898. The van der Waals surface area contributed by atoms with Crippen LogP contribution >= 0.6 is 0 Å². The lowest BCUT2D eigenvalue weighted by Gasteiger charge is -2.30. The summed E-state index contributed by atoms with van der Waals surface area (Å²) in [5.41, 5.74) is -0.959. The number of primary sulfonamides is 1. The van der Waals surface area contributed by atoms with Crippen LogP contribution in [0.4, 0.5) is 18.9 Å². The Morgan fingerprint density at radius 2 is 2.00 bits per heavy atom. The van der Waals surface area contributed by atoms with E-state index in [1.807, 2.05) is 0 Å². The van der Waals surface area contributed by atoms with Gasteiger partial charge in [-0.1, -0.05) is 26.2 Å². The Hall–Kier alpha value is -1.28. The fraction of sp³-hybridized carbons (Fsp3) is 0.600. The Morgan fingerprint density at radius 3 is 2.57 bits per heavy atom. The van der Waals surface area contributed by atoms with Crippen molar-refractivity contribution < 1.29 is 21.6 Å². The average Bonchev–Trinajstić information content (AvgIpc) is 2.45. The summed E-state index contributed by atoms with van der Waals surface area (Å²) in [7, 11) is -4.43. The molecule has 0 radical (unpaired) electrons. The molecule has 1 aromatic rings. The fourth-order valence-electron chi connectivity index (χ4n) is 3.12. The van der Waals surface area contributed by atoms with Crippen LogP contribution in [0.25, 0.3) is 0 Å².